The molecule has 0 amide bonds. The van der Waals surface area contributed by atoms with Crippen LogP contribution >= 0.6 is 7.82 Å². The zero-order valence-electron chi connectivity index (χ0n) is 55.8. The van der Waals surface area contributed by atoms with Crippen molar-refractivity contribution in [3.8, 4) is 0 Å². The second kappa shape index (κ2) is 37.5. The largest absolute Gasteiger partial charge is 0.476 e. The second-order valence-corrected chi connectivity index (χ2v) is 29.1. The lowest BCUT2D eigenvalue weighted by Gasteiger charge is -2.27. The van der Waals surface area contributed by atoms with Gasteiger partial charge in [0.25, 0.3) is 6.04 Å². The van der Waals surface area contributed by atoms with Gasteiger partial charge in [-0.25, -0.2) is 9.36 Å². The van der Waals surface area contributed by atoms with Crippen molar-refractivity contribution in [3.05, 3.63) is 132 Å². The highest BCUT2D eigenvalue weighted by Gasteiger charge is 2.49. The van der Waals surface area contributed by atoms with Crippen LogP contribution in [-0.2, 0) is 29.2 Å². The van der Waals surface area contributed by atoms with Gasteiger partial charge in [0.2, 0.25) is 5.69 Å². The summed E-state index contributed by atoms with van der Waals surface area (Å²) in [4.78, 5) is 25.9. The third-order valence-electron chi connectivity index (χ3n) is 18.6. The molecule has 2 aliphatic rings. The SMILES string of the molecule is CCCCCCCCCCCCCCCCCC(C(=O)O)[N+]1=C(/C=C/C=C/C=C/C=C2/N(CCCCCCCCCCCCCCCCCCOP(=O)(O)OCC[N+](C)(C)C)c3ccc4ccccc4c3C2(C)C)C(C)(C)c2c1ccc1ccccc21. The van der Waals surface area contributed by atoms with Gasteiger partial charge < -0.3 is 19.4 Å². The predicted molar refractivity (Wildman–Crippen MR) is 371 cm³/mol. The van der Waals surface area contributed by atoms with Gasteiger partial charge in [-0.05, 0) is 78.4 Å². The molecule has 87 heavy (non-hydrogen) atoms. The number of unbranched alkanes of at least 4 members (excludes halogenated alkanes) is 29. The van der Waals surface area contributed by atoms with Crippen LogP contribution in [0.25, 0.3) is 21.5 Å². The Labute approximate surface area is 528 Å². The number of benzene rings is 4. The molecule has 0 aromatic heterocycles. The Morgan fingerprint density at radius 2 is 1.00 bits per heavy atom. The van der Waals surface area contributed by atoms with Gasteiger partial charge in [-0.1, -0.05) is 286 Å². The first kappa shape index (κ1) is 71.4. The fourth-order valence-electron chi connectivity index (χ4n) is 13.6. The Morgan fingerprint density at radius 1 is 0.552 bits per heavy atom. The quantitative estimate of drug-likeness (QED) is 0.0149. The molecule has 9 nitrogen and oxygen atoms in total. The Balaban J connectivity index is 0.965. The fraction of sp³-hybridized carbons (Fsp3) is 0.610. The number of carboxylic acid groups (broad SMARTS) is 1. The van der Waals surface area contributed by atoms with Gasteiger partial charge in [-0.3, -0.25) is 9.05 Å². The van der Waals surface area contributed by atoms with Crippen molar-refractivity contribution in [3.63, 3.8) is 0 Å². The molecule has 480 valence electrons. The lowest BCUT2D eigenvalue weighted by Crippen LogP contribution is -2.37. The number of nitrogens with zero attached hydrogens (tertiary/aromatic N) is 3. The molecule has 0 fully saturated rings. The number of allylic oxidation sites excluding steroid dienone is 8. The molecule has 2 N–H and O–H groups in total. The van der Waals surface area contributed by atoms with Gasteiger partial charge in [-0.15, -0.1) is 0 Å². The number of phosphoric ester groups is 1. The van der Waals surface area contributed by atoms with E-state index in [0.717, 1.165) is 56.5 Å². The molecule has 4 aromatic carbocycles. The minimum absolute atomic E-state index is 0.168. The van der Waals surface area contributed by atoms with Crippen molar-refractivity contribution in [2.45, 2.75) is 257 Å². The lowest BCUT2D eigenvalue weighted by atomic mass is 9.79. The van der Waals surface area contributed by atoms with Crippen LogP contribution in [0.2, 0.25) is 0 Å². The first-order valence-corrected chi connectivity index (χ1v) is 36.3. The van der Waals surface area contributed by atoms with Crippen LogP contribution in [0.3, 0.4) is 0 Å². The van der Waals surface area contributed by atoms with Gasteiger partial charge in [0, 0.05) is 47.5 Å². The lowest BCUT2D eigenvalue weighted by molar-refractivity contribution is -0.870. The summed E-state index contributed by atoms with van der Waals surface area (Å²) in [5.41, 5.74) is 6.79. The highest BCUT2D eigenvalue weighted by molar-refractivity contribution is 7.47. The van der Waals surface area contributed by atoms with Gasteiger partial charge in [0.05, 0.1) is 33.2 Å². The van der Waals surface area contributed by atoms with Gasteiger partial charge in [0.1, 0.15) is 13.2 Å². The highest BCUT2D eigenvalue weighted by Crippen LogP contribution is 2.51. The van der Waals surface area contributed by atoms with E-state index in [0.29, 0.717) is 17.4 Å². The van der Waals surface area contributed by atoms with Gasteiger partial charge >= 0.3 is 13.8 Å². The molecule has 6 rings (SSSR count). The van der Waals surface area contributed by atoms with E-state index in [-0.39, 0.29) is 18.6 Å². The molecule has 0 radical (unpaired) electrons. The zero-order chi connectivity index (χ0) is 62.4. The van der Waals surface area contributed by atoms with Gasteiger partial charge in [0.15, 0.2) is 5.71 Å². The van der Waals surface area contributed by atoms with Gasteiger partial charge in [-0.2, -0.15) is 4.58 Å². The van der Waals surface area contributed by atoms with Crippen LogP contribution in [-0.4, -0.2) is 84.2 Å². The van der Waals surface area contributed by atoms with E-state index in [1.807, 2.05) is 21.1 Å². The average molecular weight is 1210 g/mol. The highest BCUT2D eigenvalue weighted by atomic mass is 31.2. The number of phosphoric acid groups is 1. The van der Waals surface area contributed by atoms with E-state index < -0.39 is 25.2 Å². The zero-order valence-corrected chi connectivity index (χ0v) is 56.7. The smallest absolute Gasteiger partial charge is 0.472 e. The molecule has 0 bridgehead atoms. The molecule has 2 unspecified atom stereocenters. The van der Waals surface area contributed by atoms with E-state index in [2.05, 4.69) is 159 Å². The minimum atomic E-state index is -3.95. The number of fused-ring (bicyclic) bond motifs is 6. The van der Waals surface area contributed by atoms with Crippen LogP contribution in [0.15, 0.2) is 121 Å². The Hall–Kier alpha value is -4.63. The fourth-order valence-corrected chi connectivity index (χ4v) is 14.4. The number of carboxylic acids is 1. The summed E-state index contributed by atoms with van der Waals surface area (Å²) in [6.45, 7) is 13.7. The molecule has 0 saturated heterocycles. The summed E-state index contributed by atoms with van der Waals surface area (Å²) in [5.74, 6) is -0.753. The van der Waals surface area contributed by atoms with Crippen LogP contribution in [0.4, 0.5) is 11.4 Å². The van der Waals surface area contributed by atoms with Crippen LogP contribution in [0.1, 0.15) is 251 Å². The van der Waals surface area contributed by atoms with E-state index >= 15 is 0 Å². The maximum atomic E-state index is 13.4. The third kappa shape index (κ3) is 23.0. The second-order valence-electron chi connectivity index (χ2n) is 27.6. The van der Waals surface area contributed by atoms with Crippen molar-refractivity contribution in [1.82, 2.24) is 0 Å². The van der Waals surface area contributed by atoms with Crippen LogP contribution in [0, 0.1) is 0 Å². The summed E-state index contributed by atoms with van der Waals surface area (Å²) in [6.07, 6.45) is 54.9. The number of anilines is 1. The van der Waals surface area contributed by atoms with E-state index in [4.69, 9.17) is 9.05 Å². The first-order chi connectivity index (χ1) is 42.0. The predicted octanol–water partition coefficient (Wildman–Crippen LogP) is 21.5. The molecular formula is C77H118N3O6P+2. The Morgan fingerprint density at radius 3 is 1.53 bits per heavy atom. The van der Waals surface area contributed by atoms with Crippen molar-refractivity contribution in [2.24, 2.45) is 0 Å². The number of quaternary nitrogens is 1. The normalized spacial score (nSPS) is 16.4. The van der Waals surface area contributed by atoms with Crippen LogP contribution in [0.5, 0.6) is 0 Å². The average Bonchev–Trinajstić information content (AvgIpc) is 1.62. The Kier molecular flexibility index (Phi) is 30.8. The van der Waals surface area contributed by atoms with Crippen molar-refractivity contribution < 1.29 is 37.5 Å². The maximum Gasteiger partial charge on any atom is 0.472 e. The standard InChI is InChI=1S/C77H116N3O6P/c1-9-10-11-12-13-14-15-16-19-22-25-28-31-35-40-53-70(75(81)82)79-69-59-57-65-50-44-46-52-67(65)74(69)77(4,5)72(79)55-42-37-34-36-41-54-71-76(2,3)73-66-51-45-43-49-64(66)56-58-68(73)78(71)60-47-38-32-29-26-23-20-17-18-21-24-27-30-33-39-48-62-85-87(83,84)86-63-61-80(6,7)8/h34,36-37,41-46,49-52,54-59,70H,9-33,35,38-40,47-48,53,60-63H2,1-8H3/p+2. The molecule has 10 heteroatoms. The molecule has 2 atom stereocenters. The van der Waals surface area contributed by atoms with E-state index in [1.54, 1.807) is 0 Å². The number of aliphatic carboxylic acids is 1. The molecule has 2 aliphatic heterocycles. The molecule has 0 spiro atoms. The first-order valence-electron chi connectivity index (χ1n) is 34.8. The molecule has 2 heterocycles. The summed E-state index contributed by atoms with van der Waals surface area (Å²) in [5, 5.41) is 16.0. The van der Waals surface area contributed by atoms with E-state index in [1.165, 1.54) is 205 Å². The van der Waals surface area contributed by atoms with Crippen molar-refractivity contribution in [1.29, 1.82) is 0 Å². The van der Waals surface area contributed by atoms with Crippen LogP contribution < -0.4 is 4.90 Å². The number of rotatable bonds is 46. The number of likely N-dealkylation sites (N-methyl/N-ethyl adjacent to an activating group) is 1. The summed E-state index contributed by atoms with van der Waals surface area (Å²) >= 11 is 0. The van der Waals surface area contributed by atoms with E-state index in [9.17, 15) is 19.4 Å². The Bertz CT molecular complexity index is 2910. The summed E-state index contributed by atoms with van der Waals surface area (Å²) < 4.78 is 25.2. The monoisotopic (exact) mass is 1210 g/mol. The van der Waals surface area contributed by atoms with Crippen molar-refractivity contribution in [2.75, 3.05) is 52.3 Å². The summed E-state index contributed by atoms with van der Waals surface area (Å²) in [6, 6.07) is 25.7. The number of carbonyl (C=O) groups is 1. The third-order valence-corrected chi connectivity index (χ3v) is 19.6. The topological polar surface area (TPSA) is 99.3 Å². The number of hydrogen-bond donors (Lipinski definition) is 2. The minimum Gasteiger partial charge on any atom is -0.476 e. The number of hydrogen-bond acceptors (Lipinski definition) is 5. The molecule has 4 aromatic rings. The summed E-state index contributed by atoms with van der Waals surface area (Å²) in [7, 11) is 2.11. The molecular weight excluding hydrogens is 1090 g/mol. The molecule has 0 saturated carbocycles. The maximum absolute atomic E-state index is 13.4. The van der Waals surface area contributed by atoms with Crippen molar-refractivity contribution >= 4 is 52.4 Å². The molecule has 0 aliphatic carbocycles.